The fourth-order valence-corrected chi connectivity index (χ4v) is 4.02. The number of amides is 1. The first kappa shape index (κ1) is 20.0. The maximum atomic E-state index is 12.4. The zero-order valence-electron chi connectivity index (χ0n) is 16.9. The molecule has 1 amide bonds. The van der Waals surface area contributed by atoms with E-state index in [9.17, 15) is 4.79 Å². The van der Waals surface area contributed by atoms with Crippen molar-refractivity contribution in [1.29, 1.82) is 0 Å². The number of aryl methyl sites for hydroxylation is 1. The highest BCUT2D eigenvalue weighted by atomic mass is 32.2. The summed E-state index contributed by atoms with van der Waals surface area (Å²) < 4.78 is 1.47. The summed E-state index contributed by atoms with van der Waals surface area (Å²) in [5, 5.41) is 14.2. The van der Waals surface area contributed by atoms with Gasteiger partial charge in [-0.25, -0.2) is 4.68 Å². The molecule has 3 N–H and O–H groups in total. The van der Waals surface area contributed by atoms with Gasteiger partial charge < -0.3 is 11.2 Å². The third-order valence-electron chi connectivity index (χ3n) is 5.17. The van der Waals surface area contributed by atoms with E-state index in [2.05, 4.69) is 39.8 Å². The number of aromatic nitrogens is 3. The first-order valence-electron chi connectivity index (χ1n) is 9.68. The number of thioether (sulfide) groups is 1. The number of fused-ring (bicyclic) bond motifs is 1. The van der Waals surface area contributed by atoms with Crippen molar-refractivity contribution in [2.24, 2.45) is 0 Å². The molecule has 0 radical (unpaired) electrons. The second-order valence-electron chi connectivity index (χ2n) is 7.17. The third-order valence-corrected chi connectivity index (χ3v) is 6.12. The van der Waals surface area contributed by atoms with Crippen molar-refractivity contribution in [3.8, 4) is 0 Å². The van der Waals surface area contributed by atoms with Gasteiger partial charge in [0.1, 0.15) is 0 Å². The van der Waals surface area contributed by atoms with Crippen LogP contribution in [0.3, 0.4) is 0 Å². The number of hydrogen-bond donors (Lipinski definition) is 2. The topological polar surface area (TPSA) is 85.8 Å². The molecule has 0 aliphatic heterocycles. The summed E-state index contributed by atoms with van der Waals surface area (Å²) >= 11 is 1.27. The SMILES string of the molecule is Cc1cccc(NC(=O)CSc2nnc(Cc3cccc4ccccc34)n2N)c1C. The Morgan fingerprint density at radius 3 is 2.67 bits per heavy atom. The van der Waals surface area contributed by atoms with E-state index >= 15 is 0 Å². The van der Waals surface area contributed by atoms with Crippen LogP contribution in [0.2, 0.25) is 0 Å². The van der Waals surface area contributed by atoms with E-state index in [-0.39, 0.29) is 11.7 Å². The van der Waals surface area contributed by atoms with Gasteiger partial charge in [0.2, 0.25) is 11.1 Å². The molecule has 0 aliphatic rings. The van der Waals surface area contributed by atoms with Crippen molar-refractivity contribution in [3.63, 3.8) is 0 Å². The average Bonchev–Trinajstić information content (AvgIpc) is 3.09. The van der Waals surface area contributed by atoms with Crippen LogP contribution in [0.25, 0.3) is 10.8 Å². The number of anilines is 1. The number of nitrogen functional groups attached to an aromatic ring is 1. The van der Waals surface area contributed by atoms with Crippen molar-refractivity contribution in [3.05, 3.63) is 83.2 Å². The lowest BCUT2D eigenvalue weighted by Gasteiger charge is -2.10. The van der Waals surface area contributed by atoms with E-state index in [4.69, 9.17) is 5.84 Å². The van der Waals surface area contributed by atoms with Crippen molar-refractivity contribution in [1.82, 2.24) is 14.9 Å². The van der Waals surface area contributed by atoms with Gasteiger partial charge in [0.05, 0.1) is 5.75 Å². The van der Waals surface area contributed by atoms with Crippen LogP contribution < -0.4 is 11.2 Å². The molecular weight excluding hydrogens is 394 g/mol. The monoisotopic (exact) mass is 417 g/mol. The van der Waals surface area contributed by atoms with Crippen LogP contribution in [0.4, 0.5) is 5.69 Å². The van der Waals surface area contributed by atoms with Gasteiger partial charge in [-0.1, -0.05) is 66.4 Å². The molecule has 0 saturated carbocycles. The van der Waals surface area contributed by atoms with Crippen molar-refractivity contribution >= 4 is 34.1 Å². The lowest BCUT2D eigenvalue weighted by atomic mass is 10.0. The molecule has 0 aliphatic carbocycles. The van der Waals surface area contributed by atoms with Crippen LogP contribution in [-0.4, -0.2) is 26.5 Å². The molecule has 7 heteroatoms. The van der Waals surface area contributed by atoms with Crippen LogP contribution in [0.1, 0.15) is 22.5 Å². The van der Waals surface area contributed by atoms with Crippen LogP contribution in [-0.2, 0) is 11.2 Å². The van der Waals surface area contributed by atoms with Gasteiger partial charge in [0, 0.05) is 12.1 Å². The van der Waals surface area contributed by atoms with E-state index < -0.39 is 0 Å². The Hall–Kier alpha value is -3.32. The van der Waals surface area contributed by atoms with Gasteiger partial charge >= 0.3 is 0 Å². The summed E-state index contributed by atoms with van der Waals surface area (Å²) in [4.78, 5) is 12.4. The van der Waals surface area contributed by atoms with Gasteiger partial charge in [-0.05, 0) is 47.4 Å². The second-order valence-corrected chi connectivity index (χ2v) is 8.11. The summed E-state index contributed by atoms with van der Waals surface area (Å²) in [7, 11) is 0. The lowest BCUT2D eigenvalue weighted by molar-refractivity contribution is -0.113. The van der Waals surface area contributed by atoms with Crippen molar-refractivity contribution in [2.45, 2.75) is 25.4 Å². The molecule has 0 bridgehead atoms. The Labute approximate surface area is 179 Å². The number of nitrogens with two attached hydrogens (primary N) is 1. The van der Waals surface area contributed by atoms with Gasteiger partial charge in [-0.2, -0.15) is 0 Å². The third kappa shape index (κ3) is 4.16. The Morgan fingerprint density at radius 1 is 1.03 bits per heavy atom. The number of carbonyl (C=O) groups is 1. The molecule has 152 valence electrons. The second kappa shape index (κ2) is 8.59. The Balaban J connectivity index is 1.43. The molecular formula is C23H23N5OS. The Morgan fingerprint density at radius 2 is 1.80 bits per heavy atom. The fourth-order valence-electron chi connectivity index (χ4n) is 3.35. The molecule has 0 unspecified atom stereocenters. The lowest BCUT2D eigenvalue weighted by Crippen LogP contribution is -2.18. The maximum absolute atomic E-state index is 12.4. The Kier molecular flexibility index (Phi) is 5.72. The van der Waals surface area contributed by atoms with Gasteiger partial charge in [-0.3, -0.25) is 4.79 Å². The maximum Gasteiger partial charge on any atom is 0.234 e. The highest BCUT2D eigenvalue weighted by Gasteiger charge is 2.14. The van der Waals surface area contributed by atoms with Crippen molar-refractivity contribution < 1.29 is 4.79 Å². The minimum atomic E-state index is -0.104. The predicted octanol–water partition coefficient (Wildman–Crippen LogP) is 4.08. The number of hydrogen-bond acceptors (Lipinski definition) is 5. The summed E-state index contributed by atoms with van der Waals surface area (Å²) in [6.07, 6.45) is 0.570. The number of benzene rings is 3. The van der Waals surface area contributed by atoms with E-state index in [1.807, 2.05) is 50.2 Å². The molecule has 0 saturated heterocycles. The predicted molar refractivity (Wildman–Crippen MR) is 122 cm³/mol. The summed E-state index contributed by atoms with van der Waals surface area (Å²) in [6.45, 7) is 4.02. The molecule has 3 aromatic carbocycles. The quantitative estimate of drug-likeness (QED) is 0.365. The van der Waals surface area contributed by atoms with Gasteiger partial charge in [0.15, 0.2) is 5.82 Å². The van der Waals surface area contributed by atoms with Crippen LogP contribution in [0, 0.1) is 13.8 Å². The normalized spacial score (nSPS) is 11.0. The number of carbonyl (C=O) groups excluding carboxylic acids is 1. The zero-order valence-corrected chi connectivity index (χ0v) is 17.7. The van der Waals surface area contributed by atoms with Crippen LogP contribution in [0.15, 0.2) is 65.8 Å². The van der Waals surface area contributed by atoms with E-state index in [1.54, 1.807) is 0 Å². The molecule has 0 fully saturated rings. The summed E-state index contributed by atoms with van der Waals surface area (Å²) in [5.41, 5.74) is 4.17. The Bertz CT molecular complexity index is 1210. The zero-order chi connectivity index (χ0) is 21.1. The molecule has 4 aromatic rings. The van der Waals surface area contributed by atoms with E-state index in [0.29, 0.717) is 17.4 Å². The van der Waals surface area contributed by atoms with Crippen LogP contribution >= 0.6 is 11.8 Å². The summed E-state index contributed by atoms with van der Waals surface area (Å²) in [6, 6.07) is 20.3. The largest absolute Gasteiger partial charge is 0.336 e. The first-order chi connectivity index (χ1) is 14.5. The smallest absolute Gasteiger partial charge is 0.234 e. The molecule has 4 rings (SSSR count). The molecule has 1 aromatic heterocycles. The minimum absolute atomic E-state index is 0.104. The van der Waals surface area contributed by atoms with Gasteiger partial charge in [-0.15, -0.1) is 10.2 Å². The standard InChI is InChI=1S/C23H23N5OS/c1-15-7-5-12-20(16(15)2)25-22(29)14-30-23-27-26-21(28(23)24)13-18-10-6-9-17-8-3-4-11-19(17)18/h3-12H,13-14,24H2,1-2H3,(H,25,29). The number of nitrogens with zero attached hydrogens (tertiary/aromatic N) is 3. The number of nitrogens with one attached hydrogen (secondary N) is 1. The number of rotatable bonds is 6. The average molecular weight is 418 g/mol. The molecule has 0 atom stereocenters. The molecule has 1 heterocycles. The van der Waals surface area contributed by atoms with Crippen LogP contribution in [0.5, 0.6) is 0 Å². The van der Waals surface area contributed by atoms with E-state index in [0.717, 1.165) is 22.4 Å². The van der Waals surface area contributed by atoms with E-state index in [1.165, 1.54) is 27.2 Å². The molecule has 0 spiro atoms. The highest BCUT2D eigenvalue weighted by Crippen LogP contribution is 2.23. The fraction of sp³-hybridized carbons (Fsp3) is 0.174. The minimum Gasteiger partial charge on any atom is -0.336 e. The summed E-state index contributed by atoms with van der Waals surface area (Å²) in [5.74, 6) is 6.97. The van der Waals surface area contributed by atoms with Crippen molar-refractivity contribution in [2.75, 3.05) is 16.9 Å². The molecule has 30 heavy (non-hydrogen) atoms. The van der Waals surface area contributed by atoms with Gasteiger partial charge in [0.25, 0.3) is 0 Å². The highest BCUT2D eigenvalue weighted by molar-refractivity contribution is 7.99. The molecule has 6 nitrogen and oxygen atoms in total. The first-order valence-corrected chi connectivity index (χ1v) is 10.7.